The van der Waals surface area contributed by atoms with Crippen molar-refractivity contribution in [2.24, 2.45) is 17.3 Å². The quantitative estimate of drug-likeness (QED) is 0.0500. The second-order valence-electron chi connectivity index (χ2n) is 20.8. The highest BCUT2D eigenvalue weighted by molar-refractivity contribution is 7.98. The number of nitrogens with one attached hydrogen (secondary N) is 4. The van der Waals surface area contributed by atoms with Crippen LogP contribution in [-0.4, -0.2) is 134 Å². The van der Waals surface area contributed by atoms with E-state index in [0.717, 1.165) is 43.4 Å². The van der Waals surface area contributed by atoms with Crippen LogP contribution >= 0.6 is 34.4 Å². The van der Waals surface area contributed by atoms with Gasteiger partial charge in [-0.25, -0.2) is 9.97 Å². The molecule has 8 atom stereocenters. The minimum atomic E-state index is -1.18. The maximum absolute atomic E-state index is 14.3. The highest BCUT2D eigenvalue weighted by Crippen LogP contribution is 2.31. The molecule has 4 heterocycles. The van der Waals surface area contributed by atoms with E-state index in [9.17, 15) is 34.2 Å². The van der Waals surface area contributed by atoms with Gasteiger partial charge in [0, 0.05) is 51.2 Å². The Morgan fingerprint density at radius 3 is 1.86 bits per heavy atom. The van der Waals surface area contributed by atoms with Crippen LogP contribution in [0.25, 0.3) is 20.9 Å². The Labute approximate surface area is 436 Å². The molecule has 2 aliphatic rings. The topological polar surface area (TPSA) is 215 Å². The molecule has 0 spiro atoms. The molecule has 2 saturated heterocycles. The van der Waals surface area contributed by atoms with Crippen LogP contribution in [0.1, 0.15) is 96.2 Å². The van der Waals surface area contributed by atoms with Gasteiger partial charge in [0.2, 0.25) is 29.5 Å². The van der Waals surface area contributed by atoms with Gasteiger partial charge in [-0.05, 0) is 72.4 Å². The number of rotatable bonds is 23. The second-order valence-corrected chi connectivity index (χ2v) is 23.4. The zero-order valence-corrected chi connectivity index (χ0v) is 45.6. The molecule has 2 aliphatic heterocycles. The summed E-state index contributed by atoms with van der Waals surface area (Å²) in [6, 6.07) is 12.5. The number of hydrogen-bond donors (Lipinski definition) is 6. The molecule has 6 N–H and O–H groups in total. The molecular formula is C53H74N8O8S3. The van der Waals surface area contributed by atoms with Gasteiger partial charge in [-0.1, -0.05) is 90.1 Å². The van der Waals surface area contributed by atoms with E-state index in [4.69, 9.17) is 4.74 Å². The lowest BCUT2D eigenvalue weighted by Gasteiger charge is -2.35. The molecule has 19 heteroatoms. The van der Waals surface area contributed by atoms with Crippen LogP contribution in [0, 0.1) is 31.1 Å². The van der Waals surface area contributed by atoms with Crippen LogP contribution in [0.15, 0.2) is 59.6 Å². The third-order valence-electron chi connectivity index (χ3n) is 13.2. The Hall–Kier alpha value is -4.76. The molecule has 16 nitrogen and oxygen atoms in total. The number of thiazole rings is 2. The molecule has 0 bridgehead atoms. The molecule has 0 radical (unpaired) electrons. The van der Waals surface area contributed by atoms with Crippen molar-refractivity contribution in [3.8, 4) is 20.9 Å². The number of likely N-dealkylation sites (tertiary alicyclic amines) is 2. The van der Waals surface area contributed by atoms with Gasteiger partial charge in [-0.3, -0.25) is 28.9 Å². The number of benzene rings is 2. The fraction of sp³-hybridized carbons (Fsp3) is 0.566. The molecule has 6 rings (SSSR count). The number of aliphatic hydroxyl groups is 2. The van der Waals surface area contributed by atoms with Crippen molar-refractivity contribution in [2.75, 3.05) is 31.7 Å². The van der Waals surface area contributed by atoms with Gasteiger partial charge in [0.05, 0.1) is 63.1 Å². The van der Waals surface area contributed by atoms with E-state index in [1.807, 2.05) is 107 Å². The summed E-state index contributed by atoms with van der Waals surface area (Å²) in [6.07, 6.45) is 0.751. The smallest absolute Gasteiger partial charge is 0.246 e. The summed E-state index contributed by atoms with van der Waals surface area (Å²) in [4.78, 5) is 82.7. The van der Waals surface area contributed by atoms with E-state index in [-0.39, 0.29) is 81.6 Å². The first-order chi connectivity index (χ1) is 34.2. The molecule has 0 saturated carbocycles. The summed E-state index contributed by atoms with van der Waals surface area (Å²) in [7, 11) is 0. The van der Waals surface area contributed by atoms with E-state index in [1.165, 1.54) is 16.7 Å². The number of aryl methyl sites for hydroxylation is 2. The van der Waals surface area contributed by atoms with E-state index in [1.54, 1.807) is 27.6 Å². The third-order valence-corrected chi connectivity index (χ3v) is 15.9. The fourth-order valence-electron chi connectivity index (χ4n) is 9.14. The number of amides is 5. The lowest BCUT2D eigenvalue weighted by atomic mass is 9.85. The zero-order valence-electron chi connectivity index (χ0n) is 43.1. The van der Waals surface area contributed by atoms with Crippen LogP contribution in [0.2, 0.25) is 0 Å². The SMILES string of the molecule is CSC[C@H](NC(=O)CCC(C)C)C(O)N1C[C@H](OCC(C)CC(=O)N[C@H](C(=O)N2C[C@H](O)C[C@H]2C(=O)NCc2ccc(-c3scnc3C)cc2)C(C)(C)C)C[C@H]1C(=O)NCc1ccc(-c2scnc2C)cc1. The summed E-state index contributed by atoms with van der Waals surface area (Å²) in [5.74, 6) is -1.18. The van der Waals surface area contributed by atoms with Gasteiger partial charge in [-0.15, -0.1) is 22.7 Å². The van der Waals surface area contributed by atoms with Gasteiger partial charge in [-0.2, -0.15) is 11.8 Å². The Morgan fingerprint density at radius 2 is 1.36 bits per heavy atom. The normalized spacial score (nSPS) is 20.0. The number of hydrogen-bond acceptors (Lipinski definition) is 14. The Balaban J connectivity index is 1.05. The molecular weight excluding hydrogens is 973 g/mol. The molecule has 0 aliphatic carbocycles. The summed E-state index contributed by atoms with van der Waals surface area (Å²) < 4.78 is 6.41. The largest absolute Gasteiger partial charge is 0.391 e. The van der Waals surface area contributed by atoms with Crippen molar-refractivity contribution in [1.29, 1.82) is 0 Å². The maximum Gasteiger partial charge on any atom is 0.246 e. The number of thioether (sulfide) groups is 1. The molecule has 2 aromatic heterocycles. The van der Waals surface area contributed by atoms with E-state index in [2.05, 4.69) is 45.1 Å². The van der Waals surface area contributed by atoms with Crippen molar-refractivity contribution in [2.45, 2.75) is 143 Å². The maximum atomic E-state index is 14.3. The zero-order chi connectivity index (χ0) is 52.3. The predicted octanol–water partition coefficient (Wildman–Crippen LogP) is 6.06. The van der Waals surface area contributed by atoms with Gasteiger partial charge in [0.1, 0.15) is 18.3 Å². The lowest BCUT2D eigenvalue weighted by molar-refractivity contribution is -0.144. The minimum Gasteiger partial charge on any atom is -0.391 e. The number of β-amino-alcohol motifs (C(OH)–C–C–N with tert-alkyl or cyclic N) is 1. The minimum absolute atomic E-state index is 0.0241. The van der Waals surface area contributed by atoms with Gasteiger partial charge in [0.15, 0.2) is 0 Å². The molecule has 4 aromatic rings. The summed E-state index contributed by atoms with van der Waals surface area (Å²) in [5, 5.41) is 34.6. The van der Waals surface area contributed by atoms with Crippen molar-refractivity contribution >= 4 is 64.0 Å². The fourth-order valence-corrected chi connectivity index (χ4v) is 11.4. The van der Waals surface area contributed by atoms with Gasteiger partial charge < -0.3 is 41.1 Å². The number of aliphatic hydroxyl groups excluding tert-OH is 2. The summed E-state index contributed by atoms with van der Waals surface area (Å²) in [5.41, 5.74) is 8.68. The summed E-state index contributed by atoms with van der Waals surface area (Å²) in [6.45, 7) is 16.3. The van der Waals surface area contributed by atoms with Crippen LogP contribution in [0.5, 0.6) is 0 Å². The van der Waals surface area contributed by atoms with Crippen LogP contribution < -0.4 is 21.3 Å². The van der Waals surface area contributed by atoms with Crippen molar-refractivity contribution < 1.29 is 38.9 Å². The average Bonchev–Trinajstić information content (AvgIpc) is 4.17. The Bertz CT molecular complexity index is 2440. The number of carbonyl (C=O) groups excluding carboxylic acids is 5. The molecule has 2 fully saturated rings. The van der Waals surface area contributed by atoms with Crippen LogP contribution in [0.4, 0.5) is 0 Å². The first-order valence-electron chi connectivity index (χ1n) is 24.9. The van der Waals surface area contributed by atoms with Gasteiger partial charge >= 0.3 is 0 Å². The van der Waals surface area contributed by atoms with Crippen molar-refractivity contribution in [3.05, 3.63) is 82.1 Å². The van der Waals surface area contributed by atoms with E-state index in [0.29, 0.717) is 24.5 Å². The number of nitrogens with zero attached hydrogens (tertiary/aromatic N) is 4. The second kappa shape index (κ2) is 25.9. The standard InChI is InChI=1S/C53H74N8O8S3/c1-31(2)10-19-44(63)58-41(28-70-9)51(67)61-26-40(22-43(61)50(66)55-24-36-13-17-38(18-14-36)47-34(5)57-30-72-47)69-27-32(3)20-45(64)59-48(53(6,7)8)52(68)60-25-39(62)21-42(60)49(65)54-23-35-11-15-37(16-12-35)46-33(4)56-29-71-46/h11-18,29-32,39-43,48,51,62,67H,10,19-28H2,1-9H3,(H,54,65)(H,55,66)(H,58,63)(H,59,64)/t32?,39-,40-,41+,42+,43+,48-,51?/m1/s1. The Morgan fingerprint density at radius 1 is 0.806 bits per heavy atom. The Kier molecular flexibility index (Phi) is 20.4. The monoisotopic (exact) mass is 1050 g/mol. The highest BCUT2D eigenvalue weighted by atomic mass is 32.2. The van der Waals surface area contributed by atoms with Crippen molar-refractivity contribution in [1.82, 2.24) is 41.0 Å². The predicted molar refractivity (Wildman–Crippen MR) is 285 cm³/mol. The number of carbonyl (C=O) groups is 5. The highest BCUT2D eigenvalue weighted by Gasteiger charge is 2.45. The van der Waals surface area contributed by atoms with Crippen LogP contribution in [0.3, 0.4) is 0 Å². The summed E-state index contributed by atoms with van der Waals surface area (Å²) >= 11 is 4.63. The van der Waals surface area contributed by atoms with E-state index >= 15 is 0 Å². The first-order valence-corrected chi connectivity index (χ1v) is 28.0. The van der Waals surface area contributed by atoms with E-state index < -0.39 is 53.9 Å². The molecule has 5 amide bonds. The van der Waals surface area contributed by atoms with Crippen molar-refractivity contribution in [3.63, 3.8) is 0 Å². The molecule has 392 valence electrons. The number of aromatic nitrogens is 2. The van der Waals surface area contributed by atoms with Crippen LogP contribution in [-0.2, 0) is 41.8 Å². The average molecular weight is 1050 g/mol. The number of ether oxygens (including phenoxy) is 1. The molecule has 72 heavy (non-hydrogen) atoms. The molecule has 2 aromatic carbocycles. The third kappa shape index (κ3) is 15.4. The van der Waals surface area contributed by atoms with Gasteiger partial charge in [0.25, 0.3) is 0 Å². The lowest BCUT2D eigenvalue weighted by Crippen LogP contribution is -2.57. The first kappa shape index (κ1) is 56.5. The molecule has 2 unspecified atom stereocenters.